The molecule has 33 heavy (non-hydrogen) atoms. The number of fused-ring (bicyclic) bond motifs is 1. The molecule has 0 bridgehead atoms. The van der Waals surface area contributed by atoms with E-state index in [9.17, 15) is 19.7 Å². The monoisotopic (exact) mass is 452 g/mol. The van der Waals surface area contributed by atoms with Crippen molar-refractivity contribution < 1.29 is 14.5 Å². The summed E-state index contributed by atoms with van der Waals surface area (Å²) < 4.78 is 2.11. The number of hydrogen-bond donors (Lipinski definition) is 0. The van der Waals surface area contributed by atoms with Crippen LogP contribution in [-0.4, -0.2) is 49.7 Å². The fraction of sp³-hybridized carbons (Fsp3) is 0.520. The number of amides is 2. The summed E-state index contributed by atoms with van der Waals surface area (Å²) in [6.45, 7) is 7.14. The lowest BCUT2D eigenvalue weighted by Crippen LogP contribution is -2.54. The van der Waals surface area contributed by atoms with Gasteiger partial charge in [0, 0.05) is 48.6 Å². The summed E-state index contributed by atoms with van der Waals surface area (Å²) in [7, 11) is 0. The molecule has 1 aliphatic heterocycles. The Labute approximate surface area is 194 Å². The molecular formula is C25H32N4O4. The summed E-state index contributed by atoms with van der Waals surface area (Å²) in [6.07, 6.45) is 5.90. The van der Waals surface area contributed by atoms with Gasteiger partial charge in [0.15, 0.2) is 0 Å². The van der Waals surface area contributed by atoms with Crippen molar-refractivity contribution in [2.75, 3.05) is 13.1 Å². The molecule has 1 atom stereocenters. The van der Waals surface area contributed by atoms with Gasteiger partial charge in [-0.15, -0.1) is 0 Å². The fourth-order valence-corrected chi connectivity index (χ4v) is 5.05. The van der Waals surface area contributed by atoms with Crippen LogP contribution in [0, 0.1) is 16.0 Å². The second kappa shape index (κ2) is 9.00. The van der Waals surface area contributed by atoms with Crippen LogP contribution in [0.3, 0.4) is 0 Å². The molecule has 2 aliphatic rings. The van der Waals surface area contributed by atoms with Crippen molar-refractivity contribution in [3.8, 4) is 0 Å². The summed E-state index contributed by atoms with van der Waals surface area (Å²) in [5, 5.41) is 11.1. The van der Waals surface area contributed by atoms with Crippen molar-refractivity contribution in [2.45, 2.75) is 64.6 Å². The van der Waals surface area contributed by atoms with Crippen molar-refractivity contribution in [2.24, 2.45) is 5.92 Å². The van der Waals surface area contributed by atoms with Gasteiger partial charge in [-0.2, -0.15) is 0 Å². The number of benzene rings is 1. The van der Waals surface area contributed by atoms with E-state index in [-0.39, 0.29) is 36.0 Å². The van der Waals surface area contributed by atoms with E-state index >= 15 is 0 Å². The number of carbonyl (C=O) groups is 2. The van der Waals surface area contributed by atoms with E-state index in [0.29, 0.717) is 13.1 Å². The van der Waals surface area contributed by atoms with Gasteiger partial charge in [0.05, 0.1) is 11.0 Å². The average Bonchev–Trinajstić information content (AvgIpc) is 3.47. The van der Waals surface area contributed by atoms with Gasteiger partial charge in [-0.1, -0.05) is 12.8 Å². The third-order valence-corrected chi connectivity index (χ3v) is 6.85. The highest BCUT2D eigenvalue weighted by Gasteiger charge is 2.38. The topological polar surface area (TPSA) is 88.7 Å². The van der Waals surface area contributed by atoms with Crippen LogP contribution >= 0.6 is 0 Å². The summed E-state index contributed by atoms with van der Waals surface area (Å²) in [5.74, 6) is -0.0335. The largest absolute Gasteiger partial charge is 0.348 e. The molecule has 1 saturated carbocycles. The van der Waals surface area contributed by atoms with Crippen molar-refractivity contribution in [3.63, 3.8) is 0 Å². The number of nitro groups is 1. The van der Waals surface area contributed by atoms with Crippen molar-refractivity contribution in [1.29, 1.82) is 0 Å². The van der Waals surface area contributed by atoms with Crippen LogP contribution in [-0.2, 0) is 16.1 Å². The Bertz CT molecular complexity index is 1030. The minimum absolute atomic E-state index is 0.00100. The molecule has 8 nitrogen and oxygen atoms in total. The molecule has 0 saturated heterocycles. The normalized spacial score (nSPS) is 18.8. The first kappa shape index (κ1) is 23.0. The molecule has 2 aromatic rings. The highest BCUT2D eigenvalue weighted by Crippen LogP contribution is 2.34. The molecule has 0 radical (unpaired) electrons. The van der Waals surface area contributed by atoms with Crippen LogP contribution in [0.2, 0.25) is 0 Å². The van der Waals surface area contributed by atoms with E-state index < -0.39 is 10.5 Å². The zero-order valence-electron chi connectivity index (χ0n) is 19.6. The first-order chi connectivity index (χ1) is 15.7. The van der Waals surface area contributed by atoms with Crippen molar-refractivity contribution in [3.05, 3.63) is 64.0 Å². The Hall–Kier alpha value is -3.16. The standard InChI is InChI=1S/C25H32N4O4/c1-25(2,3)28(24(31)19-7-4-5-8-19)17-22(30)27-16-15-26-14-6-9-21(26)23(27)18-10-12-20(13-11-18)29(32)33/h6,9-14,19,23H,4-5,7-8,15-17H2,1-3H3. The molecule has 2 heterocycles. The van der Waals surface area contributed by atoms with Gasteiger partial charge in [-0.05, 0) is 63.4 Å². The fourth-order valence-electron chi connectivity index (χ4n) is 5.05. The van der Waals surface area contributed by atoms with E-state index in [4.69, 9.17) is 0 Å². The summed E-state index contributed by atoms with van der Waals surface area (Å²) in [4.78, 5) is 41.2. The Morgan fingerprint density at radius 2 is 1.76 bits per heavy atom. The first-order valence-electron chi connectivity index (χ1n) is 11.7. The molecule has 1 fully saturated rings. The average molecular weight is 453 g/mol. The third kappa shape index (κ3) is 4.65. The lowest BCUT2D eigenvalue weighted by molar-refractivity contribution is -0.384. The Morgan fingerprint density at radius 3 is 2.36 bits per heavy atom. The lowest BCUT2D eigenvalue weighted by atomic mass is 9.98. The van der Waals surface area contributed by atoms with Gasteiger partial charge in [0.2, 0.25) is 11.8 Å². The number of nitro benzene ring substituents is 1. The molecule has 1 aromatic carbocycles. The van der Waals surface area contributed by atoms with Crippen LogP contribution in [0.1, 0.15) is 63.8 Å². The summed E-state index contributed by atoms with van der Waals surface area (Å²) in [5.41, 5.74) is 1.34. The molecule has 8 heteroatoms. The minimum Gasteiger partial charge on any atom is -0.348 e. The molecule has 1 unspecified atom stereocenters. The Balaban J connectivity index is 1.63. The second-order valence-electron chi connectivity index (χ2n) is 10.0. The van der Waals surface area contributed by atoms with E-state index in [1.807, 2.05) is 44.0 Å². The van der Waals surface area contributed by atoms with E-state index in [1.54, 1.807) is 17.0 Å². The van der Waals surface area contributed by atoms with E-state index in [2.05, 4.69) is 4.57 Å². The van der Waals surface area contributed by atoms with Crippen LogP contribution in [0.15, 0.2) is 42.6 Å². The van der Waals surface area contributed by atoms with Crippen LogP contribution in [0.25, 0.3) is 0 Å². The Kier molecular flexibility index (Phi) is 6.28. The zero-order chi connectivity index (χ0) is 23.8. The molecular weight excluding hydrogens is 420 g/mol. The van der Waals surface area contributed by atoms with Gasteiger partial charge in [0.1, 0.15) is 6.54 Å². The summed E-state index contributed by atoms with van der Waals surface area (Å²) >= 11 is 0. The number of aromatic nitrogens is 1. The van der Waals surface area contributed by atoms with Gasteiger partial charge < -0.3 is 14.4 Å². The number of nitrogens with zero attached hydrogens (tertiary/aromatic N) is 4. The van der Waals surface area contributed by atoms with Crippen molar-refractivity contribution in [1.82, 2.24) is 14.4 Å². The maximum atomic E-state index is 13.7. The predicted molar refractivity (Wildman–Crippen MR) is 125 cm³/mol. The van der Waals surface area contributed by atoms with Crippen LogP contribution < -0.4 is 0 Å². The van der Waals surface area contributed by atoms with Crippen molar-refractivity contribution >= 4 is 17.5 Å². The van der Waals surface area contributed by atoms with E-state index in [0.717, 1.165) is 36.9 Å². The maximum Gasteiger partial charge on any atom is 0.269 e. The molecule has 176 valence electrons. The van der Waals surface area contributed by atoms with Gasteiger partial charge in [0.25, 0.3) is 5.69 Å². The minimum atomic E-state index is -0.464. The predicted octanol–water partition coefficient (Wildman–Crippen LogP) is 4.15. The third-order valence-electron chi connectivity index (χ3n) is 6.85. The first-order valence-corrected chi connectivity index (χ1v) is 11.7. The van der Waals surface area contributed by atoms with Gasteiger partial charge in [-0.25, -0.2) is 0 Å². The quantitative estimate of drug-likeness (QED) is 0.504. The van der Waals surface area contributed by atoms with Crippen LogP contribution in [0.5, 0.6) is 0 Å². The SMILES string of the molecule is CC(C)(C)N(CC(=O)N1CCn2cccc2C1c1ccc([N+](=O)[O-])cc1)C(=O)C1CCCC1. The zero-order valence-corrected chi connectivity index (χ0v) is 19.6. The van der Waals surface area contributed by atoms with Crippen LogP contribution in [0.4, 0.5) is 5.69 Å². The molecule has 4 rings (SSSR count). The number of non-ortho nitro benzene ring substituents is 1. The molecule has 1 aliphatic carbocycles. The lowest BCUT2D eigenvalue weighted by Gasteiger charge is -2.41. The van der Waals surface area contributed by atoms with Gasteiger partial charge >= 0.3 is 0 Å². The molecule has 0 N–H and O–H groups in total. The maximum absolute atomic E-state index is 13.7. The molecule has 0 spiro atoms. The smallest absolute Gasteiger partial charge is 0.269 e. The molecule has 1 aromatic heterocycles. The second-order valence-corrected chi connectivity index (χ2v) is 10.0. The molecule has 2 amide bonds. The number of hydrogen-bond acceptors (Lipinski definition) is 4. The summed E-state index contributed by atoms with van der Waals surface area (Å²) in [6, 6.07) is 9.97. The Morgan fingerprint density at radius 1 is 1.09 bits per heavy atom. The van der Waals surface area contributed by atoms with E-state index in [1.165, 1.54) is 12.1 Å². The van der Waals surface area contributed by atoms with Gasteiger partial charge in [-0.3, -0.25) is 19.7 Å². The highest BCUT2D eigenvalue weighted by atomic mass is 16.6. The number of rotatable bonds is 5. The number of carbonyl (C=O) groups excluding carboxylic acids is 2. The highest BCUT2D eigenvalue weighted by molar-refractivity contribution is 5.87.